The highest BCUT2D eigenvalue weighted by Crippen LogP contribution is 2.28. The Hall–Kier alpha value is -3.52. The van der Waals surface area contributed by atoms with Crippen molar-refractivity contribution >= 4 is 23.3 Å². The molecule has 246 valence electrons. The van der Waals surface area contributed by atoms with Gasteiger partial charge in [0.15, 0.2) is 0 Å². The Labute approximate surface area is 279 Å². The topological polar surface area (TPSA) is 65.1 Å². The number of hydrogen-bond donors (Lipinski definition) is 0. The van der Waals surface area contributed by atoms with Crippen molar-refractivity contribution in [3.8, 4) is 0 Å². The van der Waals surface area contributed by atoms with Gasteiger partial charge in [-0.3, -0.25) is 9.69 Å². The first-order chi connectivity index (χ1) is 22.3. The minimum Gasteiger partial charge on any atom is -0.466 e. The van der Waals surface area contributed by atoms with Gasteiger partial charge in [0.05, 0.1) is 31.8 Å². The van der Waals surface area contributed by atoms with Crippen molar-refractivity contribution in [1.29, 1.82) is 0 Å². The molecule has 0 saturated heterocycles. The molecule has 1 aromatic heterocycles. The van der Waals surface area contributed by atoms with Gasteiger partial charge in [0.2, 0.25) is 0 Å². The molecule has 2 aromatic carbocycles. The van der Waals surface area contributed by atoms with Crippen molar-refractivity contribution in [1.82, 2.24) is 4.90 Å². The van der Waals surface area contributed by atoms with E-state index in [-0.39, 0.29) is 18.0 Å². The lowest BCUT2D eigenvalue weighted by molar-refractivity contribution is -0.153. The van der Waals surface area contributed by atoms with Gasteiger partial charge in [-0.15, -0.1) is 11.3 Å². The van der Waals surface area contributed by atoms with Gasteiger partial charge in [0, 0.05) is 28.4 Å². The number of benzene rings is 2. The summed E-state index contributed by atoms with van der Waals surface area (Å²) in [6.45, 7) is 8.99. The minimum absolute atomic E-state index is 0.125. The Morgan fingerprint density at radius 3 is 2.30 bits per heavy atom. The molecular weight excluding hydrogens is 594 g/mol. The fourth-order valence-electron chi connectivity index (χ4n) is 5.69. The molecule has 6 nitrogen and oxygen atoms in total. The summed E-state index contributed by atoms with van der Waals surface area (Å²) in [6, 6.07) is 25.5. The molecule has 0 fully saturated rings. The van der Waals surface area contributed by atoms with Crippen molar-refractivity contribution in [3.63, 3.8) is 0 Å². The van der Waals surface area contributed by atoms with Crippen molar-refractivity contribution < 1.29 is 23.8 Å². The smallest absolute Gasteiger partial charge is 0.333 e. The number of thiophene rings is 1. The fourth-order valence-corrected chi connectivity index (χ4v) is 6.63. The third kappa shape index (κ3) is 11.1. The molecule has 1 unspecified atom stereocenters. The summed E-state index contributed by atoms with van der Waals surface area (Å²) >= 11 is 1.83. The minimum atomic E-state index is -0.545. The first-order valence-corrected chi connectivity index (χ1v) is 17.2. The molecule has 1 atom stereocenters. The predicted molar refractivity (Wildman–Crippen MR) is 186 cm³/mol. The van der Waals surface area contributed by atoms with Crippen LogP contribution >= 0.6 is 11.3 Å². The highest BCUT2D eigenvalue weighted by Gasteiger charge is 2.29. The van der Waals surface area contributed by atoms with E-state index in [0.717, 1.165) is 50.8 Å². The normalized spacial score (nSPS) is 14.0. The number of rotatable bonds is 18. The molecule has 1 heterocycles. The van der Waals surface area contributed by atoms with E-state index in [0.29, 0.717) is 31.8 Å². The summed E-state index contributed by atoms with van der Waals surface area (Å²) in [4.78, 5) is 29.6. The van der Waals surface area contributed by atoms with Gasteiger partial charge in [-0.1, -0.05) is 78.4 Å². The molecule has 0 N–H and O–H groups in total. The number of nitrogens with zero attached hydrogens (tertiary/aromatic N) is 1. The summed E-state index contributed by atoms with van der Waals surface area (Å²) in [5.74, 6) is -0.413. The van der Waals surface area contributed by atoms with Crippen LogP contribution < -0.4 is 0 Å². The van der Waals surface area contributed by atoms with E-state index in [1.54, 1.807) is 0 Å². The van der Waals surface area contributed by atoms with Gasteiger partial charge in [-0.25, -0.2) is 4.79 Å². The van der Waals surface area contributed by atoms with Crippen molar-refractivity contribution in [2.75, 3.05) is 33.4 Å². The summed E-state index contributed by atoms with van der Waals surface area (Å²) in [5.41, 5.74) is 3.93. The van der Waals surface area contributed by atoms with Gasteiger partial charge in [-0.2, -0.15) is 0 Å². The zero-order valence-corrected chi connectivity index (χ0v) is 28.7. The molecular formula is C39H49NO5S. The lowest BCUT2D eigenvalue weighted by Gasteiger charge is -2.30. The highest BCUT2D eigenvalue weighted by atomic mass is 32.1. The quantitative estimate of drug-likeness (QED) is 0.130. The maximum absolute atomic E-state index is 12.6. The SMILES string of the molecule is CCOC(=O)C(C)(C)CCCN(CC1=CC=C(C(=O)OC)CC1)CC(OCc1ccc(CCc2ccccc2)s1)c1ccccc1. The van der Waals surface area contributed by atoms with Crippen LogP contribution in [0.3, 0.4) is 0 Å². The van der Waals surface area contributed by atoms with Crippen LogP contribution in [-0.2, 0) is 43.2 Å². The van der Waals surface area contributed by atoms with Crippen LogP contribution in [0.4, 0.5) is 0 Å². The zero-order chi connectivity index (χ0) is 32.8. The molecule has 0 amide bonds. The maximum atomic E-state index is 12.6. The van der Waals surface area contributed by atoms with Crippen LogP contribution in [0, 0.1) is 5.41 Å². The Balaban J connectivity index is 1.45. The molecule has 46 heavy (non-hydrogen) atoms. The second kappa shape index (κ2) is 18.0. The van der Waals surface area contributed by atoms with E-state index in [2.05, 4.69) is 77.7 Å². The van der Waals surface area contributed by atoms with E-state index >= 15 is 0 Å². The lowest BCUT2D eigenvalue weighted by Crippen LogP contribution is -2.34. The molecule has 3 aromatic rings. The van der Waals surface area contributed by atoms with Gasteiger partial charge in [0.1, 0.15) is 0 Å². The van der Waals surface area contributed by atoms with E-state index in [1.165, 1.54) is 28.0 Å². The monoisotopic (exact) mass is 643 g/mol. The summed E-state index contributed by atoms with van der Waals surface area (Å²) in [5, 5.41) is 0. The van der Waals surface area contributed by atoms with E-state index < -0.39 is 5.41 Å². The highest BCUT2D eigenvalue weighted by molar-refractivity contribution is 7.11. The van der Waals surface area contributed by atoms with Crippen molar-refractivity contribution in [2.45, 2.75) is 72.0 Å². The Bertz CT molecular complexity index is 1440. The van der Waals surface area contributed by atoms with Crippen LogP contribution in [0.1, 0.15) is 73.4 Å². The molecule has 1 aliphatic carbocycles. The Morgan fingerprint density at radius 2 is 1.63 bits per heavy atom. The number of allylic oxidation sites excluding steroid dienone is 2. The standard InChI is InChI=1S/C39H49NO5S/c1-5-44-38(42)39(2,3)25-12-26-40(27-31-17-20-33(21-18-31)37(41)43-4)28-36(32-15-10-7-11-16-32)45-29-35-24-23-34(46-35)22-19-30-13-8-6-9-14-30/h6-11,13-17,20,23-24,36H,5,12,18-19,21-22,25-29H2,1-4H3. The molecule has 0 saturated carbocycles. The van der Waals surface area contributed by atoms with Crippen molar-refractivity contribution in [2.24, 2.45) is 5.41 Å². The van der Waals surface area contributed by atoms with E-state index in [1.807, 2.05) is 44.3 Å². The fraction of sp³-hybridized carbons (Fsp3) is 0.436. The maximum Gasteiger partial charge on any atom is 0.333 e. The van der Waals surface area contributed by atoms with Crippen LogP contribution in [0.25, 0.3) is 0 Å². The number of esters is 2. The third-order valence-corrected chi connectivity index (χ3v) is 9.57. The number of carbonyl (C=O) groups is 2. The molecule has 0 bridgehead atoms. The lowest BCUT2D eigenvalue weighted by atomic mass is 9.88. The number of hydrogen-bond acceptors (Lipinski definition) is 7. The third-order valence-electron chi connectivity index (χ3n) is 8.46. The van der Waals surface area contributed by atoms with Gasteiger partial charge >= 0.3 is 11.9 Å². The van der Waals surface area contributed by atoms with Crippen LogP contribution in [0.15, 0.2) is 96.1 Å². The van der Waals surface area contributed by atoms with Crippen LogP contribution in [0.5, 0.6) is 0 Å². The summed E-state index contributed by atoms with van der Waals surface area (Å²) in [7, 11) is 1.42. The van der Waals surface area contributed by atoms with Crippen molar-refractivity contribution in [3.05, 3.63) is 117 Å². The molecule has 7 heteroatoms. The van der Waals surface area contributed by atoms with E-state index in [4.69, 9.17) is 14.2 Å². The predicted octanol–water partition coefficient (Wildman–Crippen LogP) is 8.28. The number of aryl methyl sites for hydroxylation is 2. The largest absolute Gasteiger partial charge is 0.466 e. The molecule has 0 radical (unpaired) electrons. The molecule has 0 aliphatic heterocycles. The first kappa shape index (κ1) is 35.3. The van der Waals surface area contributed by atoms with Crippen LogP contribution in [-0.4, -0.2) is 50.2 Å². The first-order valence-electron chi connectivity index (χ1n) is 16.4. The van der Waals surface area contributed by atoms with E-state index in [9.17, 15) is 9.59 Å². The van der Waals surface area contributed by atoms with Gasteiger partial charge < -0.3 is 14.2 Å². The average Bonchev–Trinajstić information content (AvgIpc) is 3.54. The van der Waals surface area contributed by atoms with Crippen LogP contribution in [0.2, 0.25) is 0 Å². The molecule has 0 spiro atoms. The molecule has 4 rings (SSSR count). The van der Waals surface area contributed by atoms with Gasteiger partial charge in [-0.05, 0) is 89.1 Å². The summed E-state index contributed by atoms with van der Waals surface area (Å²) < 4.78 is 17.0. The summed E-state index contributed by atoms with van der Waals surface area (Å²) in [6.07, 6.45) is 8.94. The number of carbonyl (C=O) groups excluding carboxylic acids is 2. The Kier molecular flexibility index (Phi) is 13.8. The molecule has 1 aliphatic rings. The Morgan fingerprint density at radius 1 is 0.913 bits per heavy atom. The average molecular weight is 644 g/mol. The number of methoxy groups -OCH3 is 1. The number of ether oxygens (including phenoxy) is 3. The second-order valence-electron chi connectivity index (χ2n) is 12.5. The zero-order valence-electron chi connectivity index (χ0n) is 27.8. The second-order valence-corrected chi connectivity index (χ2v) is 13.8. The van der Waals surface area contributed by atoms with Gasteiger partial charge in [0.25, 0.3) is 0 Å².